The molecule has 2 rings (SSSR count). The summed E-state index contributed by atoms with van der Waals surface area (Å²) in [6.45, 7) is 5.50. The summed E-state index contributed by atoms with van der Waals surface area (Å²) in [6, 6.07) is 0.707. The first-order chi connectivity index (χ1) is 9.69. The second-order valence-corrected chi connectivity index (χ2v) is 6.28. The molecule has 0 radical (unpaired) electrons. The molecule has 1 aliphatic carbocycles. The van der Waals surface area contributed by atoms with Gasteiger partial charge in [0, 0.05) is 37.9 Å². The number of hydrogen-bond acceptors (Lipinski definition) is 3. The number of aryl methyl sites for hydroxylation is 1. The lowest BCUT2D eigenvalue weighted by atomic mass is 9.94. The summed E-state index contributed by atoms with van der Waals surface area (Å²) in [4.78, 5) is 2.46. The fourth-order valence-electron chi connectivity index (χ4n) is 3.46. The van der Waals surface area contributed by atoms with E-state index in [1.165, 1.54) is 44.2 Å². The molecule has 1 aromatic heterocycles. The Hall–Kier alpha value is -0.870. The van der Waals surface area contributed by atoms with Crippen molar-refractivity contribution in [2.45, 2.75) is 51.6 Å². The van der Waals surface area contributed by atoms with Gasteiger partial charge in [-0.1, -0.05) is 26.2 Å². The minimum absolute atomic E-state index is 0.707. The number of nitrogens with one attached hydrogen (secondary N) is 1. The molecule has 0 aromatic carbocycles. The van der Waals surface area contributed by atoms with Gasteiger partial charge in [0.15, 0.2) is 0 Å². The molecule has 2 atom stereocenters. The van der Waals surface area contributed by atoms with Crippen LogP contribution in [0.1, 0.15) is 44.6 Å². The van der Waals surface area contributed by atoms with Gasteiger partial charge in [-0.2, -0.15) is 5.10 Å². The number of hydrogen-bond donors (Lipinski definition) is 1. The van der Waals surface area contributed by atoms with Crippen molar-refractivity contribution >= 4 is 0 Å². The van der Waals surface area contributed by atoms with E-state index in [1.807, 2.05) is 17.9 Å². The maximum absolute atomic E-state index is 4.25. The Morgan fingerprint density at radius 3 is 2.85 bits per heavy atom. The van der Waals surface area contributed by atoms with Crippen LogP contribution < -0.4 is 5.32 Å². The highest BCUT2D eigenvalue weighted by atomic mass is 15.2. The monoisotopic (exact) mass is 278 g/mol. The number of nitrogens with zero attached hydrogens (tertiary/aromatic N) is 3. The summed E-state index contributed by atoms with van der Waals surface area (Å²) in [5.74, 6) is 0.791. The molecule has 1 aliphatic rings. The fraction of sp³-hybridized carbons (Fsp3) is 0.812. The van der Waals surface area contributed by atoms with Gasteiger partial charge in [-0.15, -0.1) is 0 Å². The molecule has 4 heteroatoms. The van der Waals surface area contributed by atoms with Crippen molar-refractivity contribution in [3.8, 4) is 0 Å². The maximum Gasteiger partial charge on any atom is 0.0534 e. The summed E-state index contributed by atoms with van der Waals surface area (Å²) < 4.78 is 1.89. The highest BCUT2D eigenvalue weighted by Crippen LogP contribution is 2.24. The molecular weight excluding hydrogens is 248 g/mol. The van der Waals surface area contributed by atoms with Crippen molar-refractivity contribution in [1.29, 1.82) is 0 Å². The van der Waals surface area contributed by atoms with Crippen LogP contribution in [0.25, 0.3) is 0 Å². The van der Waals surface area contributed by atoms with Crippen LogP contribution in [0, 0.1) is 5.92 Å². The van der Waals surface area contributed by atoms with E-state index in [1.54, 1.807) is 0 Å². The number of rotatable bonds is 6. The van der Waals surface area contributed by atoms with Gasteiger partial charge in [-0.05, 0) is 32.4 Å². The summed E-state index contributed by atoms with van der Waals surface area (Å²) >= 11 is 0. The zero-order chi connectivity index (χ0) is 14.4. The summed E-state index contributed by atoms with van der Waals surface area (Å²) in [5, 5.41) is 7.96. The minimum Gasteiger partial charge on any atom is -0.314 e. The van der Waals surface area contributed by atoms with E-state index < -0.39 is 0 Å². The second kappa shape index (κ2) is 7.79. The number of aromatic nitrogens is 2. The van der Waals surface area contributed by atoms with Crippen LogP contribution in [0.3, 0.4) is 0 Å². The molecule has 114 valence electrons. The van der Waals surface area contributed by atoms with Gasteiger partial charge in [0.05, 0.1) is 6.20 Å². The molecule has 20 heavy (non-hydrogen) atoms. The Balaban J connectivity index is 1.87. The lowest BCUT2D eigenvalue weighted by Crippen LogP contribution is -2.40. The van der Waals surface area contributed by atoms with E-state index in [0.29, 0.717) is 6.04 Å². The standard InChI is InChI=1S/C16H30N4/c1-4-17-16-9-7-5-6-8-15(16)13-19(2)11-14-10-18-20(3)12-14/h10,12,15-17H,4-9,11,13H2,1-3H3. The van der Waals surface area contributed by atoms with Crippen LogP contribution in [-0.2, 0) is 13.6 Å². The molecule has 0 amide bonds. The van der Waals surface area contributed by atoms with Gasteiger partial charge in [-0.3, -0.25) is 4.68 Å². The SMILES string of the molecule is CCNC1CCCCCC1CN(C)Cc1cnn(C)c1. The average molecular weight is 278 g/mol. The molecule has 1 heterocycles. The molecule has 0 aliphatic heterocycles. The largest absolute Gasteiger partial charge is 0.314 e. The smallest absolute Gasteiger partial charge is 0.0534 e. The van der Waals surface area contributed by atoms with Crippen molar-refractivity contribution in [3.05, 3.63) is 18.0 Å². The fourth-order valence-corrected chi connectivity index (χ4v) is 3.46. The van der Waals surface area contributed by atoms with E-state index in [9.17, 15) is 0 Å². The maximum atomic E-state index is 4.25. The van der Waals surface area contributed by atoms with Crippen LogP contribution in [-0.4, -0.2) is 40.9 Å². The molecule has 2 unspecified atom stereocenters. The summed E-state index contributed by atoms with van der Waals surface area (Å²) in [5.41, 5.74) is 1.31. The Morgan fingerprint density at radius 2 is 2.15 bits per heavy atom. The molecule has 4 nitrogen and oxygen atoms in total. The van der Waals surface area contributed by atoms with E-state index >= 15 is 0 Å². The molecule has 0 saturated heterocycles. The Kier molecular flexibility index (Phi) is 6.05. The first kappa shape index (κ1) is 15.5. The molecule has 1 saturated carbocycles. The van der Waals surface area contributed by atoms with Gasteiger partial charge in [0.1, 0.15) is 0 Å². The van der Waals surface area contributed by atoms with Gasteiger partial charge < -0.3 is 10.2 Å². The lowest BCUT2D eigenvalue weighted by Gasteiger charge is -2.29. The van der Waals surface area contributed by atoms with Crippen molar-refractivity contribution in [2.24, 2.45) is 13.0 Å². The molecular formula is C16H30N4. The van der Waals surface area contributed by atoms with Gasteiger partial charge >= 0.3 is 0 Å². The third kappa shape index (κ3) is 4.60. The molecule has 1 aromatic rings. The summed E-state index contributed by atoms with van der Waals surface area (Å²) in [7, 11) is 4.22. The van der Waals surface area contributed by atoms with E-state index in [4.69, 9.17) is 0 Å². The molecule has 1 fully saturated rings. The van der Waals surface area contributed by atoms with Crippen molar-refractivity contribution in [1.82, 2.24) is 20.0 Å². The van der Waals surface area contributed by atoms with Gasteiger partial charge in [0.25, 0.3) is 0 Å². The van der Waals surface area contributed by atoms with Crippen LogP contribution >= 0.6 is 0 Å². The minimum atomic E-state index is 0.707. The normalized spacial score (nSPS) is 24.0. The van der Waals surface area contributed by atoms with Crippen LogP contribution in [0.2, 0.25) is 0 Å². The predicted octanol–water partition coefficient (Wildman–Crippen LogP) is 2.41. The van der Waals surface area contributed by atoms with E-state index in [0.717, 1.165) is 19.0 Å². The zero-order valence-corrected chi connectivity index (χ0v) is 13.3. The molecule has 1 N–H and O–H groups in total. The Bertz CT molecular complexity index is 388. The van der Waals surface area contributed by atoms with Crippen molar-refractivity contribution < 1.29 is 0 Å². The summed E-state index contributed by atoms with van der Waals surface area (Å²) in [6.07, 6.45) is 11.0. The van der Waals surface area contributed by atoms with Gasteiger partial charge in [-0.25, -0.2) is 0 Å². The van der Waals surface area contributed by atoms with E-state index in [2.05, 4.69) is 35.5 Å². The predicted molar refractivity (Wildman–Crippen MR) is 83.6 cm³/mol. The van der Waals surface area contributed by atoms with Crippen molar-refractivity contribution in [2.75, 3.05) is 20.1 Å². The Labute approximate surface area is 123 Å². The topological polar surface area (TPSA) is 33.1 Å². The van der Waals surface area contributed by atoms with Crippen molar-refractivity contribution in [3.63, 3.8) is 0 Å². The quantitative estimate of drug-likeness (QED) is 0.811. The third-order valence-electron chi connectivity index (χ3n) is 4.38. The highest BCUT2D eigenvalue weighted by Gasteiger charge is 2.24. The first-order valence-electron chi connectivity index (χ1n) is 8.08. The van der Waals surface area contributed by atoms with Crippen LogP contribution in [0.4, 0.5) is 0 Å². The van der Waals surface area contributed by atoms with Gasteiger partial charge in [0.2, 0.25) is 0 Å². The first-order valence-corrected chi connectivity index (χ1v) is 8.08. The zero-order valence-electron chi connectivity index (χ0n) is 13.3. The lowest BCUT2D eigenvalue weighted by molar-refractivity contribution is 0.220. The highest BCUT2D eigenvalue weighted by molar-refractivity contribution is 5.03. The van der Waals surface area contributed by atoms with E-state index in [-0.39, 0.29) is 0 Å². The Morgan fingerprint density at radius 1 is 1.35 bits per heavy atom. The van der Waals surface area contributed by atoms with Crippen LogP contribution in [0.5, 0.6) is 0 Å². The van der Waals surface area contributed by atoms with Crippen LogP contribution in [0.15, 0.2) is 12.4 Å². The molecule has 0 spiro atoms. The third-order valence-corrected chi connectivity index (χ3v) is 4.38. The molecule has 0 bridgehead atoms. The second-order valence-electron chi connectivity index (χ2n) is 6.28. The average Bonchev–Trinajstić information content (AvgIpc) is 2.68.